The van der Waals surface area contributed by atoms with E-state index >= 15 is 0 Å². The monoisotopic (exact) mass is 342 g/mol. The van der Waals surface area contributed by atoms with Gasteiger partial charge in [-0.2, -0.15) is 0 Å². The summed E-state index contributed by atoms with van der Waals surface area (Å²) in [5.41, 5.74) is 0.256. The first-order valence-corrected chi connectivity index (χ1v) is 7.60. The number of hydrogen-bond donors (Lipinski definition) is 2. The van der Waals surface area contributed by atoms with Crippen LogP contribution >= 0.6 is 11.6 Å². The average molecular weight is 343 g/mol. The number of amides is 1. The highest BCUT2D eigenvalue weighted by molar-refractivity contribution is 7.89. The Hall–Kier alpha value is -1.29. The van der Waals surface area contributed by atoms with E-state index in [1.54, 1.807) is 0 Å². The predicted molar refractivity (Wildman–Crippen MR) is 72.9 cm³/mol. The van der Waals surface area contributed by atoms with Crippen molar-refractivity contribution in [2.75, 3.05) is 18.5 Å². The Labute approximate surface area is 125 Å². The number of sulfonamides is 1. The van der Waals surface area contributed by atoms with Crippen LogP contribution in [0.15, 0.2) is 23.1 Å². The van der Waals surface area contributed by atoms with E-state index in [-0.39, 0.29) is 28.6 Å². The summed E-state index contributed by atoms with van der Waals surface area (Å²) in [6.07, 6.45) is -2.71. The Kier molecular flexibility index (Phi) is 6.46. The highest BCUT2D eigenvalue weighted by Crippen LogP contribution is 2.24. The normalized spacial score (nSPS) is 11.7. The second-order valence-corrected chi connectivity index (χ2v) is 5.89. The second kappa shape index (κ2) is 7.64. The van der Waals surface area contributed by atoms with E-state index in [2.05, 4.69) is 10.1 Å². The molecule has 0 heterocycles. The SMILES string of the molecule is NS(=O)(=O)c1ccc(NC(=O)CCOCC(F)F)cc1Cl. The van der Waals surface area contributed by atoms with Crippen LogP contribution in [0, 0.1) is 0 Å². The number of hydrogen-bond acceptors (Lipinski definition) is 4. The molecule has 1 rings (SSSR count). The van der Waals surface area contributed by atoms with Gasteiger partial charge in [0, 0.05) is 5.69 Å². The number of primary sulfonamides is 1. The number of carbonyl (C=O) groups is 1. The van der Waals surface area contributed by atoms with E-state index in [4.69, 9.17) is 16.7 Å². The zero-order valence-corrected chi connectivity index (χ0v) is 12.3. The van der Waals surface area contributed by atoms with E-state index in [1.807, 2.05) is 0 Å². The molecule has 0 aliphatic heterocycles. The van der Waals surface area contributed by atoms with Crippen molar-refractivity contribution in [2.45, 2.75) is 17.7 Å². The number of nitrogens with one attached hydrogen (secondary N) is 1. The largest absolute Gasteiger partial charge is 0.375 e. The summed E-state index contributed by atoms with van der Waals surface area (Å²) >= 11 is 5.74. The number of carbonyl (C=O) groups excluding carboxylic acids is 1. The molecule has 0 spiro atoms. The van der Waals surface area contributed by atoms with Gasteiger partial charge in [0.25, 0.3) is 6.43 Å². The molecule has 0 saturated carbocycles. The quantitative estimate of drug-likeness (QED) is 0.735. The zero-order chi connectivity index (χ0) is 16.0. The molecule has 0 radical (unpaired) electrons. The molecule has 10 heteroatoms. The van der Waals surface area contributed by atoms with Crippen molar-refractivity contribution in [3.63, 3.8) is 0 Å². The minimum Gasteiger partial charge on any atom is -0.375 e. The Morgan fingerprint density at radius 3 is 2.62 bits per heavy atom. The third-order valence-electron chi connectivity index (χ3n) is 2.24. The molecule has 21 heavy (non-hydrogen) atoms. The van der Waals surface area contributed by atoms with Crippen molar-refractivity contribution < 1.29 is 26.7 Å². The number of alkyl halides is 2. The van der Waals surface area contributed by atoms with Gasteiger partial charge in [-0.25, -0.2) is 22.3 Å². The van der Waals surface area contributed by atoms with Crippen molar-refractivity contribution in [3.8, 4) is 0 Å². The molecular formula is C11H13ClF2N2O4S. The van der Waals surface area contributed by atoms with Crippen molar-refractivity contribution in [1.82, 2.24) is 0 Å². The third kappa shape index (κ3) is 6.34. The lowest BCUT2D eigenvalue weighted by Crippen LogP contribution is -2.16. The molecule has 0 saturated heterocycles. The van der Waals surface area contributed by atoms with Crippen LogP contribution in [0.2, 0.25) is 5.02 Å². The number of rotatable bonds is 7. The number of benzene rings is 1. The summed E-state index contributed by atoms with van der Waals surface area (Å²) in [5, 5.41) is 7.23. The Balaban J connectivity index is 2.56. The van der Waals surface area contributed by atoms with Crippen LogP contribution in [-0.2, 0) is 19.6 Å². The zero-order valence-electron chi connectivity index (χ0n) is 10.7. The summed E-state index contributed by atoms with van der Waals surface area (Å²) in [4.78, 5) is 11.2. The lowest BCUT2D eigenvalue weighted by atomic mass is 10.3. The maximum absolute atomic E-state index is 11.8. The van der Waals surface area contributed by atoms with Crippen LogP contribution in [0.25, 0.3) is 0 Å². The highest BCUT2D eigenvalue weighted by atomic mass is 35.5. The summed E-state index contributed by atoms with van der Waals surface area (Å²) in [5.74, 6) is -0.483. The number of ether oxygens (including phenoxy) is 1. The van der Waals surface area contributed by atoms with E-state index in [1.165, 1.54) is 12.1 Å². The Morgan fingerprint density at radius 2 is 2.10 bits per heavy atom. The van der Waals surface area contributed by atoms with Crippen LogP contribution in [-0.4, -0.2) is 34.0 Å². The smallest absolute Gasteiger partial charge is 0.261 e. The molecule has 0 atom stereocenters. The third-order valence-corrected chi connectivity index (χ3v) is 3.63. The summed E-state index contributed by atoms with van der Waals surface area (Å²) in [6, 6.07) is 3.68. The average Bonchev–Trinajstić information content (AvgIpc) is 2.33. The molecule has 118 valence electrons. The van der Waals surface area contributed by atoms with Crippen LogP contribution in [0.1, 0.15) is 6.42 Å². The molecule has 0 bridgehead atoms. The fourth-order valence-corrected chi connectivity index (χ4v) is 2.46. The maximum Gasteiger partial charge on any atom is 0.261 e. The van der Waals surface area contributed by atoms with Gasteiger partial charge in [0.2, 0.25) is 15.9 Å². The van der Waals surface area contributed by atoms with Crippen molar-refractivity contribution in [3.05, 3.63) is 23.2 Å². The summed E-state index contributed by atoms with van der Waals surface area (Å²) < 4.78 is 50.4. The van der Waals surface area contributed by atoms with Crippen LogP contribution in [0.4, 0.5) is 14.5 Å². The molecule has 1 amide bonds. The molecule has 3 N–H and O–H groups in total. The molecular weight excluding hydrogens is 330 g/mol. The van der Waals surface area contributed by atoms with E-state index in [0.29, 0.717) is 0 Å². The maximum atomic E-state index is 11.8. The van der Waals surface area contributed by atoms with Crippen molar-refractivity contribution in [1.29, 1.82) is 0 Å². The van der Waals surface area contributed by atoms with Crippen LogP contribution in [0.3, 0.4) is 0 Å². The fraction of sp³-hybridized carbons (Fsp3) is 0.364. The molecule has 1 aromatic carbocycles. The highest BCUT2D eigenvalue weighted by Gasteiger charge is 2.13. The first-order chi connectivity index (χ1) is 9.70. The van der Waals surface area contributed by atoms with Crippen molar-refractivity contribution in [2.24, 2.45) is 5.14 Å². The number of nitrogens with two attached hydrogens (primary N) is 1. The van der Waals surface area contributed by atoms with E-state index in [9.17, 15) is 22.0 Å². The second-order valence-electron chi connectivity index (χ2n) is 3.95. The van der Waals surface area contributed by atoms with Gasteiger partial charge in [-0.3, -0.25) is 4.79 Å². The number of anilines is 1. The lowest BCUT2D eigenvalue weighted by Gasteiger charge is -2.08. The molecule has 0 fully saturated rings. The molecule has 0 aromatic heterocycles. The molecule has 0 aliphatic carbocycles. The van der Waals surface area contributed by atoms with Crippen LogP contribution in [0.5, 0.6) is 0 Å². The van der Waals surface area contributed by atoms with E-state index in [0.717, 1.165) is 6.07 Å². The van der Waals surface area contributed by atoms with Gasteiger partial charge < -0.3 is 10.1 Å². The lowest BCUT2D eigenvalue weighted by molar-refractivity contribution is -0.117. The Bertz CT molecular complexity index is 610. The molecule has 0 unspecified atom stereocenters. The number of halogens is 3. The minimum atomic E-state index is -3.94. The van der Waals surface area contributed by atoms with Gasteiger partial charge in [0.15, 0.2) is 0 Å². The standard InChI is InChI=1S/C11H13ClF2N2O4S/c12-8-5-7(1-2-9(8)21(15,18)19)16-11(17)3-4-20-6-10(13)14/h1-2,5,10H,3-4,6H2,(H,16,17)(H2,15,18,19). The van der Waals surface area contributed by atoms with Gasteiger partial charge in [0.05, 0.1) is 18.1 Å². The summed E-state index contributed by atoms with van der Waals surface area (Å²) in [6.45, 7) is -0.888. The van der Waals surface area contributed by atoms with Gasteiger partial charge in [0.1, 0.15) is 11.5 Å². The van der Waals surface area contributed by atoms with Crippen molar-refractivity contribution >= 4 is 33.2 Å². The van der Waals surface area contributed by atoms with Gasteiger partial charge >= 0.3 is 0 Å². The van der Waals surface area contributed by atoms with Crippen LogP contribution < -0.4 is 10.5 Å². The Morgan fingerprint density at radius 1 is 1.43 bits per heavy atom. The minimum absolute atomic E-state index is 0.124. The molecule has 6 nitrogen and oxygen atoms in total. The topological polar surface area (TPSA) is 98.5 Å². The summed E-state index contributed by atoms with van der Waals surface area (Å²) in [7, 11) is -3.94. The van der Waals surface area contributed by atoms with Gasteiger partial charge in [-0.05, 0) is 18.2 Å². The first-order valence-electron chi connectivity index (χ1n) is 5.68. The van der Waals surface area contributed by atoms with E-state index < -0.39 is 29.0 Å². The van der Waals surface area contributed by atoms with Gasteiger partial charge in [-0.1, -0.05) is 11.6 Å². The predicted octanol–water partition coefficient (Wildman–Crippen LogP) is 1.60. The first kappa shape index (κ1) is 17.8. The van der Waals surface area contributed by atoms with Gasteiger partial charge in [-0.15, -0.1) is 0 Å². The molecule has 1 aromatic rings. The molecule has 0 aliphatic rings. The fourth-order valence-electron chi connectivity index (χ4n) is 1.37.